The van der Waals surface area contributed by atoms with E-state index in [4.69, 9.17) is 5.11 Å². The third-order valence-corrected chi connectivity index (χ3v) is 3.85. The minimum absolute atomic E-state index is 0.146. The summed E-state index contributed by atoms with van der Waals surface area (Å²) in [5.41, 5.74) is 3.61. The fourth-order valence-electron chi connectivity index (χ4n) is 1.73. The van der Waals surface area contributed by atoms with Crippen LogP contribution in [-0.4, -0.2) is 17.6 Å². The first-order valence-corrected chi connectivity index (χ1v) is 7.05. The maximum Gasteiger partial charge on any atom is 0.256 e. The maximum absolute atomic E-state index is 12.2. The van der Waals surface area contributed by atoms with Gasteiger partial charge >= 0.3 is 0 Å². The van der Waals surface area contributed by atoms with Gasteiger partial charge in [-0.05, 0) is 37.1 Å². The van der Waals surface area contributed by atoms with Crippen LogP contribution in [0.15, 0.2) is 29.6 Å². The predicted molar refractivity (Wildman–Crippen MR) is 82.2 cm³/mol. The molecule has 0 atom stereocenters. The molecule has 0 saturated carbocycles. The van der Waals surface area contributed by atoms with Gasteiger partial charge in [-0.15, -0.1) is 11.3 Å². The van der Waals surface area contributed by atoms with Crippen LogP contribution < -0.4 is 5.32 Å². The van der Waals surface area contributed by atoms with Crippen LogP contribution in [-0.2, 0) is 0 Å². The zero-order valence-electron chi connectivity index (χ0n) is 11.4. The van der Waals surface area contributed by atoms with E-state index in [0.29, 0.717) is 5.56 Å². The maximum atomic E-state index is 12.2. The zero-order chi connectivity index (χ0) is 14.5. The largest absolute Gasteiger partial charge is 0.384 e. The van der Waals surface area contributed by atoms with E-state index in [9.17, 15) is 4.79 Å². The minimum atomic E-state index is -0.179. The van der Waals surface area contributed by atoms with E-state index in [1.165, 1.54) is 11.3 Å². The Morgan fingerprint density at radius 3 is 2.95 bits per heavy atom. The number of carbonyl (C=O) groups excluding carboxylic acids is 1. The fraction of sp³-hybridized carbons (Fsp3) is 0.188. The Morgan fingerprint density at radius 2 is 2.20 bits per heavy atom. The summed E-state index contributed by atoms with van der Waals surface area (Å²) < 4.78 is 0. The molecule has 1 heterocycles. The molecule has 0 saturated heterocycles. The van der Waals surface area contributed by atoms with Gasteiger partial charge in [0.2, 0.25) is 0 Å². The quantitative estimate of drug-likeness (QED) is 0.833. The normalized spacial score (nSPS) is 9.75. The number of rotatable bonds is 2. The molecule has 0 aliphatic rings. The van der Waals surface area contributed by atoms with E-state index in [-0.39, 0.29) is 12.5 Å². The molecule has 2 aromatic rings. The average Bonchev–Trinajstić information content (AvgIpc) is 2.90. The fourth-order valence-corrected chi connectivity index (χ4v) is 2.48. The van der Waals surface area contributed by atoms with E-state index < -0.39 is 0 Å². The van der Waals surface area contributed by atoms with Crippen molar-refractivity contribution in [2.45, 2.75) is 13.8 Å². The molecule has 2 rings (SSSR count). The van der Waals surface area contributed by atoms with Crippen LogP contribution in [0.4, 0.5) is 5.69 Å². The van der Waals surface area contributed by atoms with Gasteiger partial charge in [-0.25, -0.2) is 0 Å². The van der Waals surface area contributed by atoms with Gasteiger partial charge in [-0.1, -0.05) is 24.0 Å². The summed E-state index contributed by atoms with van der Waals surface area (Å²) in [5, 5.41) is 13.3. The highest BCUT2D eigenvalue weighted by Gasteiger charge is 2.10. The van der Waals surface area contributed by atoms with Crippen LogP contribution in [0, 0.1) is 25.7 Å². The Balaban J connectivity index is 2.16. The lowest BCUT2D eigenvalue weighted by atomic mass is 10.1. The lowest BCUT2D eigenvalue weighted by molar-refractivity contribution is 0.102. The first kappa shape index (κ1) is 14.3. The summed E-state index contributed by atoms with van der Waals surface area (Å²) in [5.74, 6) is 5.21. The van der Waals surface area contributed by atoms with E-state index in [1.54, 1.807) is 11.4 Å². The van der Waals surface area contributed by atoms with Gasteiger partial charge in [0.1, 0.15) is 6.61 Å². The van der Waals surface area contributed by atoms with Gasteiger partial charge in [0, 0.05) is 11.1 Å². The smallest absolute Gasteiger partial charge is 0.256 e. The second-order valence-corrected chi connectivity index (χ2v) is 5.27. The number of benzene rings is 1. The molecule has 20 heavy (non-hydrogen) atoms. The van der Waals surface area contributed by atoms with Crippen molar-refractivity contribution in [3.8, 4) is 11.8 Å². The van der Waals surface area contributed by atoms with Crippen molar-refractivity contribution in [3.05, 3.63) is 51.2 Å². The number of amides is 1. The molecule has 0 bridgehead atoms. The van der Waals surface area contributed by atoms with Crippen molar-refractivity contribution in [1.29, 1.82) is 0 Å². The van der Waals surface area contributed by atoms with E-state index >= 15 is 0 Å². The molecule has 4 heteroatoms. The predicted octanol–water partition coefficient (Wildman–Crippen LogP) is 2.96. The number of nitrogens with one attached hydrogen (secondary N) is 1. The van der Waals surface area contributed by atoms with Crippen molar-refractivity contribution in [3.63, 3.8) is 0 Å². The average molecular weight is 285 g/mol. The lowest BCUT2D eigenvalue weighted by Gasteiger charge is -2.09. The lowest BCUT2D eigenvalue weighted by Crippen LogP contribution is -2.12. The summed E-state index contributed by atoms with van der Waals surface area (Å²) in [4.78, 5) is 12.9. The number of aryl methyl sites for hydroxylation is 1. The van der Waals surface area contributed by atoms with Gasteiger partial charge in [0.25, 0.3) is 5.91 Å². The highest BCUT2D eigenvalue weighted by Crippen LogP contribution is 2.20. The molecule has 2 N–H and O–H groups in total. The SMILES string of the molecule is Cc1cccc(NC(=O)c2csc(C#CCO)c2)c1C. The van der Waals surface area contributed by atoms with Crippen LogP contribution >= 0.6 is 11.3 Å². The first-order chi connectivity index (χ1) is 9.61. The number of thiophene rings is 1. The van der Waals surface area contributed by atoms with Gasteiger partial charge in [-0.3, -0.25) is 4.79 Å². The number of hydrogen-bond acceptors (Lipinski definition) is 3. The van der Waals surface area contributed by atoms with E-state index in [0.717, 1.165) is 21.7 Å². The first-order valence-electron chi connectivity index (χ1n) is 6.17. The highest BCUT2D eigenvalue weighted by atomic mass is 32.1. The molecule has 1 amide bonds. The molecule has 0 fully saturated rings. The summed E-state index contributed by atoms with van der Waals surface area (Å²) in [6.07, 6.45) is 0. The van der Waals surface area contributed by atoms with E-state index in [1.807, 2.05) is 32.0 Å². The molecule has 0 aliphatic heterocycles. The highest BCUT2D eigenvalue weighted by molar-refractivity contribution is 7.10. The number of hydrogen-bond donors (Lipinski definition) is 2. The summed E-state index contributed by atoms with van der Waals surface area (Å²) in [6, 6.07) is 7.55. The van der Waals surface area contributed by atoms with Crippen molar-refractivity contribution in [1.82, 2.24) is 0 Å². The van der Waals surface area contributed by atoms with Gasteiger partial charge in [0.05, 0.1) is 10.4 Å². The number of anilines is 1. The van der Waals surface area contributed by atoms with Crippen molar-refractivity contribution < 1.29 is 9.90 Å². The van der Waals surface area contributed by atoms with Crippen molar-refractivity contribution in [2.24, 2.45) is 0 Å². The van der Waals surface area contributed by atoms with Crippen molar-refractivity contribution >= 4 is 22.9 Å². The molecule has 0 unspecified atom stereocenters. The Labute approximate surface area is 122 Å². The molecule has 1 aromatic heterocycles. The number of aliphatic hydroxyl groups is 1. The zero-order valence-corrected chi connectivity index (χ0v) is 12.2. The Morgan fingerprint density at radius 1 is 1.40 bits per heavy atom. The Hall–Kier alpha value is -2.09. The number of aliphatic hydroxyl groups excluding tert-OH is 1. The van der Waals surface area contributed by atoms with Gasteiger partial charge < -0.3 is 10.4 Å². The van der Waals surface area contributed by atoms with Gasteiger partial charge in [0.15, 0.2) is 0 Å². The molecule has 0 aliphatic carbocycles. The summed E-state index contributed by atoms with van der Waals surface area (Å²) >= 11 is 1.39. The molecular weight excluding hydrogens is 270 g/mol. The summed E-state index contributed by atoms with van der Waals surface area (Å²) in [7, 11) is 0. The topological polar surface area (TPSA) is 49.3 Å². The summed E-state index contributed by atoms with van der Waals surface area (Å²) in [6.45, 7) is 3.82. The standard InChI is InChI=1S/C16H15NO2S/c1-11-5-3-7-15(12(11)2)17-16(19)13-9-14(20-10-13)6-4-8-18/h3,5,7,9-10,18H,8H2,1-2H3,(H,17,19). The molecular formula is C16H15NO2S. The van der Waals surface area contributed by atoms with E-state index in [2.05, 4.69) is 17.2 Å². The Kier molecular flexibility index (Phi) is 4.57. The Bertz CT molecular complexity index is 692. The third-order valence-electron chi connectivity index (χ3n) is 3.01. The molecule has 102 valence electrons. The van der Waals surface area contributed by atoms with Crippen LogP contribution in [0.3, 0.4) is 0 Å². The molecule has 0 spiro atoms. The van der Waals surface area contributed by atoms with Crippen LogP contribution in [0.5, 0.6) is 0 Å². The van der Waals surface area contributed by atoms with Crippen LogP contribution in [0.2, 0.25) is 0 Å². The van der Waals surface area contributed by atoms with Crippen molar-refractivity contribution in [2.75, 3.05) is 11.9 Å². The molecule has 0 radical (unpaired) electrons. The monoisotopic (exact) mass is 285 g/mol. The molecule has 3 nitrogen and oxygen atoms in total. The van der Waals surface area contributed by atoms with Gasteiger partial charge in [-0.2, -0.15) is 0 Å². The molecule has 1 aromatic carbocycles. The second-order valence-electron chi connectivity index (χ2n) is 4.36. The van der Waals surface area contributed by atoms with Crippen LogP contribution in [0.25, 0.3) is 0 Å². The van der Waals surface area contributed by atoms with Crippen LogP contribution in [0.1, 0.15) is 26.4 Å². The second kappa shape index (κ2) is 6.38. The third kappa shape index (κ3) is 3.27. The minimum Gasteiger partial charge on any atom is -0.384 e. The number of carbonyl (C=O) groups is 1.